The van der Waals surface area contributed by atoms with Gasteiger partial charge in [-0.05, 0) is 86.0 Å². The number of aliphatic hydroxyl groups excluding tert-OH is 3. The Morgan fingerprint density at radius 3 is 2.23 bits per heavy atom. The van der Waals surface area contributed by atoms with Crippen molar-refractivity contribution in [1.82, 2.24) is 9.80 Å². The van der Waals surface area contributed by atoms with E-state index in [2.05, 4.69) is 5.32 Å². The summed E-state index contributed by atoms with van der Waals surface area (Å²) >= 11 is 0. The van der Waals surface area contributed by atoms with Gasteiger partial charge in [0, 0.05) is 18.5 Å². The number of anilines is 1. The van der Waals surface area contributed by atoms with Crippen molar-refractivity contribution >= 4 is 17.7 Å². The first-order chi connectivity index (χ1) is 24.3. The van der Waals surface area contributed by atoms with Gasteiger partial charge in [0.05, 0.1) is 47.1 Å². The van der Waals surface area contributed by atoms with E-state index in [0.29, 0.717) is 6.42 Å². The molecule has 0 saturated carbocycles. The normalized spacial score (nSPS) is 39.9. The Kier molecular flexibility index (Phi) is 14.8. The lowest BCUT2D eigenvalue weighted by Crippen LogP contribution is -2.61. The molecule has 2 unspecified atom stereocenters. The van der Waals surface area contributed by atoms with E-state index < -0.39 is 101 Å². The van der Waals surface area contributed by atoms with Crippen LogP contribution in [0.3, 0.4) is 0 Å². The Balaban J connectivity index is 2.12. The lowest BCUT2D eigenvalue weighted by molar-refractivity contribution is -0.299. The number of nitrogens with zero attached hydrogens (tertiary/aromatic N) is 2. The van der Waals surface area contributed by atoms with Crippen LogP contribution in [0, 0.1) is 17.8 Å². The van der Waals surface area contributed by atoms with Gasteiger partial charge in [-0.15, -0.1) is 0 Å². The summed E-state index contributed by atoms with van der Waals surface area (Å²) in [5.74, 6) is -3.81. The predicted molar refractivity (Wildman–Crippen MR) is 189 cm³/mol. The van der Waals surface area contributed by atoms with Crippen molar-refractivity contribution < 1.29 is 62.5 Å². The molecule has 2 heterocycles. The molecular formula is C37H60F3N3O10. The van der Waals surface area contributed by atoms with Crippen LogP contribution in [-0.2, 0) is 25.2 Å². The minimum absolute atomic E-state index is 0.00499. The van der Waals surface area contributed by atoms with Crippen molar-refractivity contribution in [2.45, 2.75) is 147 Å². The third-order valence-electron chi connectivity index (χ3n) is 10.9. The Labute approximate surface area is 310 Å². The summed E-state index contributed by atoms with van der Waals surface area (Å²) in [4.78, 5) is 30.4. The zero-order valence-corrected chi connectivity index (χ0v) is 32.4. The number of rotatable bonds is 5. The van der Waals surface area contributed by atoms with E-state index >= 15 is 0 Å². The summed E-state index contributed by atoms with van der Waals surface area (Å²) in [7, 11) is 3.60. The average molecular weight is 764 g/mol. The lowest BCUT2D eigenvalue weighted by Gasteiger charge is -2.46. The summed E-state index contributed by atoms with van der Waals surface area (Å²) in [6.45, 7) is 11.9. The molecule has 16 heteroatoms. The molecule has 6 N–H and O–H groups in total. The molecule has 14 atom stereocenters. The number of para-hydroxylation sites is 1. The molecule has 2 amide bonds. The van der Waals surface area contributed by atoms with Crippen molar-refractivity contribution in [2.24, 2.45) is 17.8 Å². The first kappa shape index (κ1) is 44.8. The largest absolute Gasteiger partial charge is 0.459 e. The zero-order valence-electron chi connectivity index (χ0n) is 32.4. The second-order valence-electron chi connectivity index (χ2n) is 15.8. The number of cyclic esters (lactones) is 1. The number of alkyl halides is 3. The molecule has 0 aromatic heterocycles. The average Bonchev–Trinajstić information content (AvgIpc) is 3.06. The van der Waals surface area contributed by atoms with Crippen LogP contribution >= 0.6 is 0 Å². The third kappa shape index (κ3) is 10.4. The van der Waals surface area contributed by atoms with Crippen molar-refractivity contribution in [2.75, 3.05) is 26.0 Å². The van der Waals surface area contributed by atoms with E-state index in [4.69, 9.17) is 14.2 Å². The fourth-order valence-electron chi connectivity index (χ4n) is 7.81. The lowest BCUT2D eigenvalue weighted by atomic mass is 9.78. The molecule has 13 nitrogen and oxygen atoms in total. The number of benzene rings is 1. The number of nitrogens with one attached hydrogen (secondary N) is 1. The maximum atomic E-state index is 13.9. The van der Waals surface area contributed by atoms with Crippen LogP contribution in [0.25, 0.3) is 0 Å². The maximum Gasteiger partial charge on any atom is 0.418 e. The second-order valence-corrected chi connectivity index (χ2v) is 15.8. The standard InChI is InChI=1S/C37H60F3N3O10/c1-11-27-36(8,50)30(46)23(6)43(34(48)41-25-15-13-12-14-24(25)37(38,39)40)18-19(2)17-35(7,49)31(21(4)28(44)22(5)32(47)52-27)53-33-29(45)26(42(9)10)16-20(3)51-33/h12-15,19-23,26-31,33,44-46,49-50H,11,16-18H2,1-10H3,(H,41,48)/t19-,20-,21+,22-,23-,26+,27-,28?,29-,30-,31-,33+,35?,36-/m1/s1. The smallest absolute Gasteiger partial charge is 0.418 e. The van der Waals surface area contributed by atoms with Gasteiger partial charge in [0.2, 0.25) is 0 Å². The first-order valence-electron chi connectivity index (χ1n) is 18.3. The molecule has 2 aliphatic rings. The van der Waals surface area contributed by atoms with Gasteiger partial charge in [0.25, 0.3) is 0 Å². The SMILES string of the molecule is CC[C@H]1OC(=O)[C@H](C)C(O)[C@H](C)[C@@H](O[C@@H]2O[C@H](C)C[C@H](N(C)C)[C@H]2O)C(C)(O)C[C@@H](C)CN(C(=O)Nc2ccccc2C(F)(F)F)[C@H](C)[C@@H](O)[C@]1(C)O. The summed E-state index contributed by atoms with van der Waals surface area (Å²) in [5.41, 5.74) is -5.65. The Hall–Kier alpha value is -2.57. The number of hydrogen-bond donors (Lipinski definition) is 6. The minimum atomic E-state index is -4.80. The highest BCUT2D eigenvalue weighted by molar-refractivity contribution is 5.90. The summed E-state index contributed by atoms with van der Waals surface area (Å²) in [6.07, 6.45) is -13.1. The van der Waals surface area contributed by atoms with Crippen LogP contribution in [0.15, 0.2) is 24.3 Å². The second kappa shape index (κ2) is 17.5. The van der Waals surface area contributed by atoms with Crippen LogP contribution in [0.1, 0.15) is 80.2 Å². The van der Waals surface area contributed by atoms with Gasteiger partial charge in [-0.2, -0.15) is 13.2 Å². The highest BCUT2D eigenvalue weighted by atomic mass is 19.4. The fourth-order valence-corrected chi connectivity index (χ4v) is 7.81. The molecule has 1 aromatic carbocycles. The Bertz CT molecular complexity index is 1380. The van der Waals surface area contributed by atoms with Gasteiger partial charge >= 0.3 is 18.2 Å². The summed E-state index contributed by atoms with van der Waals surface area (Å²) in [6, 6.07) is 1.73. The number of ether oxygens (including phenoxy) is 3. The van der Waals surface area contributed by atoms with Crippen LogP contribution in [0.5, 0.6) is 0 Å². The summed E-state index contributed by atoms with van der Waals surface area (Å²) < 4.78 is 59.7. The molecule has 0 radical (unpaired) electrons. The van der Waals surface area contributed by atoms with Gasteiger partial charge in [0.1, 0.15) is 23.9 Å². The number of urea groups is 1. The molecule has 3 rings (SSSR count). The van der Waals surface area contributed by atoms with E-state index in [1.807, 2.05) is 11.8 Å². The van der Waals surface area contributed by atoms with Crippen LogP contribution in [0.4, 0.5) is 23.7 Å². The number of likely N-dealkylation sites (N-methyl/N-ethyl adjacent to an activating group) is 1. The summed E-state index contributed by atoms with van der Waals surface area (Å²) in [5, 5.41) is 60.7. The number of halogens is 3. The third-order valence-corrected chi connectivity index (χ3v) is 10.9. The zero-order chi connectivity index (χ0) is 40.4. The maximum absolute atomic E-state index is 13.9. The Morgan fingerprint density at radius 1 is 1.06 bits per heavy atom. The van der Waals surface area contributed by atoms with Gasteiger partial charge in [-0.3, -0.25) is 4.79 Å². The van der Waals surface area contributed by atoms with Crippen molar-refractivity contribution in [3.05, 3.63) is 29.8 Å². The van der Waals surface area contributed by atoms with Crippen LogP contribution in [0.2, 0.25) is 0 Å². The topological polar surface area (TPSA) is 181 Å². The minimum Gasteiger partial charge on any atom is -0.459 e. The highest BCUT2D eigenvalue weighted by Gasteiger charge is 2.50. The molecule has 2 saturated heterocycles. The molecule has 0 spiro atoms. The van der Waals surface area contributed by atoms with E-state index in [1.54, 1.807) is 34.9 Å². The van der Waals surface area contributed by atoms with Crippen molar-refractivity contribution in [3.63, 3.8) is 0 Å². The monoisotopic (exact) mass is 763 g/mol. The predicted octanol–water partition coefficient (Wildman–Crippen LogP) is 3.60. The van der Waals surface area contributed by atoms with E-state index in [0.717, 1.165) is 17.0 Å². The van der Waals surface area contributed by atoms with Crippen molar-refractivity contribution in [3.8, 4) is 0 Å². The quantitative estimate of drug-likeness (QED) is 0.241. The van der Waals surface area contributed by atoms with E-state index in [-0.39, 0.29) is 31.5 Å². The van der Waals surface area contributed by atoms with Gasteiger partial charge < -0.3 is 54.9 Å². The number of carbonyl (C=O) groups is 2. The number of aliphatic hydroxyl groups is 5. The molecule has 2 aliphatic heterocycles. The van der Waals surface area contributed by atoms with Crippen molar-refractivity contribution in [1.29, 1.82) is 0 Å². The molecule has 304 valence electrons. The van der Waals surface area contributed by atoms with Crippen LogP contribution in [-0.4, -0.2) is 134 Å². The number of carbonyl (C=O) groups excluding carboxylic acids is 2. The molecule has 0 aliphatic carbocycles. The first-order valence-corrected chi connectivity index (χ1v) is 18.3. The number of hydrogen-bond acceptors (Lipinski definition) is 11. The Morgan fingerprint density at radius 2 is 1.66 bits per heavy atom. The van der Waals surface area contributed by atoms with Gasteiger partial charge in [-0.1, -0.05) is 32.9 Å². The highest BCUT2D eigenvalue weighted by Crippen LogP contribution is 2.38. The van der Waals surface area contributed by atoms with E-state index in [9.17, 15) is 48.3 Å². The van der Waals surface area contributed by atoms with Gasteiger partial charge in [0.15, 0.2) is 6.29 Å². The number of amides is 2. The number of esters is 1. The molecular weight excluding hydrogens is 703 g/mol. The molecule has 2 fully saturated rings. The fraction of sp³-hybridized carbons (Fsp3) is 0.784. The van der Waals surface area contributed by atoms with E-state index in [1.165, 1.54) is 39.8 Å². The molecule has 0 bridgehead atoms. The molecule has 1 aromatic rings. The van der Waals surface area contributed by atoms with Gasteiger partial charge in [-0.25, -0.2) is 4.79 Å². The molecule has 53 heavy (non-hydrogen) atoms. The van der Waals surface area contributed by atoms with Crippen LogP contribution < -0.4 is 5.32 Å².